The van der Waals surface area contributed by atoms with Gasteiger partial charge >= 0.3 is 0 Å². The second kappa shape index (κ2) is 7.73. The van der Waals surface area contributed by atoms with Gasteiger partial charge in [-0.3, -0.25) is 19.3 Å². The van der Waals surface area contributed by atoms with Crippen LogP contribution < -0.4 is 5.32 Å². The number of nitrogens with zero attached hydrogens (tertiary/aromatic N) is 1. The van der Waals surface area contributed by atoms with E-state index in [1.807, 2.05) is 18.2 Å². The first-order valence-corrected chi connectivity index (χ1v) is 8.98. The number of hydrogen-bond donors (Lipinski definition) is 1. The highest BCUT2D eigenvalue weighted by atomic mass is 16.5. The third-order valence-electron chi connectivity index (χ3n) is 4.62. The Kier molecular flexibility index (Phi) is 4.97. The van der Waals surface area contributed by atoms with Gasteiger partial charge in [0.2, 0.25) is 0 Å². The van der Waals surface area contributed by atoms with Crippen LogP contribution in [0.1, 0.15) is 42.4 Å². The number of benzene rings is 2. The van der Waals surface area contributed by atoms with Gasteiger partial charge in [0, 0.05) is 18.4 Å². The van der Waals surface area contributed by atoms with E-state index in [0.717, 1.165) is 10.5 Å². The number of methoxy groups -OCH3 is 1. The summed E-state index contributed by atoms with van der Waals surface area (Å²) in [5.41, 5.74) is 2.32. The zero-order valence-electron chi connectivity index (χ0n) is 15.7. The van der Waals surface area contributed by atoms with Crippen molar-refractivity contribution in [1.82, 2.24) is 4.90 Å². The van der Waals surface area contributed by atoms with Crippen molar-refractivity contribution in [3.05, 3.63) is 88.9 Å². The number of carbonyl (C=O) groups excluding carboxylic acids is 3. The Morgan fingerprint density at radius 2 is 1.86 bits per heavy atom. The fourth-order valence-corrected chi connectivity index (χ4v) is 3.24. The Morgan fingerprint density at radius 1 is 1.03 bits per heavy atom. The van der Waals surface area contributed by atoms with Crippen LogP contribution >= 0.6 is 0 Å². The van der Waals surface area contributed by atoms with E-state index in [1.54, 1.807) is 25.3 Å². The van der Waals surface area contributed by atoms with E-state index in [4.69, 9.17) is 9.15 Å². The number of furan rings is 1. The van der Waals surface area contributed by atoms with Crippen LogP contribution in [-0.2, 0) is 17.9 Å². The number of hydrogen-bond acceptors (Lipinski definition) is 5. The van der Waals surface area contributed by atoms with Crippen molar-refractivity contribution in [2.75, 3.05) is 12.4 Å². The van der Waals surface area contributed by atoms with Crippen molar-refractivity contribution in [3.8, 4) is 0 Å². The van der Waals surface area contributed by atoms with E-state index in [0.29, 0.717) is 23.6 Å². The number of carbonyl (C=O) groups is 3. The third-order valence-corrected chi connectivity index (χ3v) is 4.62. The molecule has 7 heteroatoms. The fraction of sp³-hybridized carbons (Fsp3) is 0.136. The largest absolute Gasteiger partial charge is 0.467 e. The molecule has 0 radical (unpaired) electrons. The highest BCUT2D eigenvalue weighted by Crippen LogP contribution is 2.26. The summed E-state index contributed by atoms with van der Waals surface area (Å²) in [6.45, 7) is 0.484. The summed E-state index contributed by atoms with van der Waals surface area (Å²) < 4.78 is 10.3. The van der Waals surface area contributed by atoms with E-state index in [9.17, 15) is 14.4 Å². The van der Waals surface area contributed by atoms with Crippen LogP contribution in [0.4, 0.5) is 5.69 Å². The summed E-state index contributed by atoms with van der Waals surface area (Å²) in [6.07, 6.45) is 1.48. The minimum absolute atomic E-state index is 0.0488. The summed E-state index contributed by atoms with van der Waals surface area (Å²) in [4.78, 5) is 39.0. The van der Waals surface area contributed by atoms with Gasteiger partial charge in [-0.2, -0.15) is 0 Å². The number of fused-ring (bicyclic) bond motifs is 1. The molecule has 1 aromatic heterocycles. The molecule has 0 saturated heterocycles. The van der Waals surface area contributed by atoms with Gasteiger partial charge in [-0.25, -0.2) is 0 Å². The van der Waals surface area contributed by atoms with Crippen molar-refractivity contribution in [1.29, 1.82) is 0 Å². The van der Waals surface area contributed by atoms with Gasteiger partial charge < -0.3 is 14.5 Å². The first-order valence-electron chi connectivity index (χ1n) is 8.98. The summed E-state index contributed by atoms with van der Waals surface area (Å²) in [6, 6.07) is 15.2. The van der Waals surface area contributed by atoms with Crippen molar-refractivity contribution < 1.29 is 23.5 Å². The summed E-state index contributed by atoms with van der Waals surface area (Å²) in [5.74, 6) is -0.709. The minimum Gasteiger partial charge on any atom is -0.467 e. The van der Waals surface area contributed by atoms with Crippen LogP contribution in [0.5, 0.6) is 0 Å². The fourth-order valence-electron chi connectivity index (χ4n) is 3.24. The molecule has 4 rings (SSSR count). The number of amides is 3. The van der Waals surface area contributed by atoms with Crippen molar-refractivity contribution >= 4 is 23.4 Å². The number of rotatable bonds is 6. The Bertz CT molecular complexity index is 1090. The molecule has 1 aliphatic heterocycles. The second-order valence-corrected chi connectivity index (χ2v) is 6.62. The topological polar surface area (TPSA) is 88.8 Å². The Balaban J connectivity index is 1.54. The van der Waals surface area contributed by atoms with Gasteiger partial charge in [0.05, 0.1) is 30.5 Å². The molecule has 0 aliphatic carbocycles. The molecule has 0 unspecified atom stereocenters. The molecule has 29 heavy (non-hydrogen) atoms. The summed E-state index contributed by atoms with van der Waals surface area (Å²) >= 11 is 0. The van der Waals surface area contributed by atoms with Gasteiger partial charge in [-0.05, 0) is 48.0 Å². The first-order chi connectivity index (χ1) is 14.1. The number of imide groups is 1. The Morgan fingerprint density at radius 3 is 2.62 bits per heavy atom. The third kappa shape index (κ3) is 3.68. The second-order valence-electron chi connectivity index (χ2n) is 6.62. The van der Waals surface area contributed by atoms with Gasteiger partial charge in [0.25, 0.3) is 17.7 Å². The zero-order valence-corrected chi connectivity index (χ0v) is 15.7. The van der Waals surface area contributed by atoms with E-state index in [1.165, 1.54) is 24.5 Å². The van der Waals surface area contributed by atoms with Crippen LogP contribution in [0.15, 0.2) is 65.3 Å². The predicted molar refractivity (Wildman–Crippen MR) is 104 cm³/mol. The SMILES string of the molecule is COCc1cccc(NC(=O)c2ccc3c(c2)C(=O)N(Cc2ccco2)C3=O)c1. The molecule has 1 aliphatic rings. The van der Waals surface area contributed by atoms with Crippen LogP contribution in [0.3, 0.4) is 0 Å². The minimum atomic E-state index is -0.446. The highest BCUT2D eigenvalue weighted by Gasteiger charge is 2.36. The molecule has 0 fully saturated rings. The standard InChI is InChI=1S/C22H18N2O5/c1-28-13-14-4-2-5-16(10-14)23-20(25)15-7-8-18-19(11-15)22(27)24(21(18)26)12-17-6-3-9-29-17/h2-11H,12-13H2,1H3,(H,23,25). The number of anilines is 1. The highest BCUT2D eigenvalue weighted by molar-refractivity contribution is 6.22. The Hall–Kier alpha value is -3.71. The normalized spacial score (nSPS) is 12.9. The lowest BCUT2D eigenvalue weighted by Gasteiger charge is -2.11. The van der Waals surface area contributed by atoms with E-state index < -0.39 is 11.8 Å². The van der Waals surface area contributed by atoms with Crippen LogP contribution in [0.2, 0.25) is 0 Å². The molecule has 2 heterocycles. The smallest absolute Gasteiger partial charge is 0.261 e. The van der Waals surface area contributed by atoms with Gasteiger partial charge in [0.1, 0.15) is 5.76 Å². The van der Waals surface area contributed by atoms with Crippen LogP contribution in [0, 0.1) is 0 Å². The molecule has 3 amide bonds. The van der Waals surface area contributed by atoms with Crippen LogP contribution in [0.25, 0.3) is 0 Å². The van der Waals surface area contributed by atoms with Crippen LogP contribution in [-0.4, -0.2) is 29.7 Å². The molecule has 2 aromatic carbocycles. The van der Waals surface area contributed by atoms with Gasteiger partial charge in [-0.15, -0.1) is 0 Å². The lowest BCUT2D eigenvalue weighted by molar-refractivity contribution is 0.0631. The van der Waals surface area contributed by atoms with E-state index in [-0.39, 0.29) is 23.6 Å². The molecule has 0 spiro atoms. The maximum absolute atomic E-state index is 12.7. The van der Waals surface area contributed by atoms with Crippen molar-refractivity contribution in [3.63, 3.8) is 0 Å². The molecule has 0 bridgehead atoms. The molecule has 7 nitrogen and oxygen atoms in total. The first kappa shape index (κ1) is 18.6. The number of ether oxygens (including phenoxy) is 1. The lowest BCUT2D eigenvalue weighted by Crippen LogP contribution is -2.28. The maximum atomic E-state index is 12.7. The van der Waals surface area contributed by atoms with Gasteiger partial charge in [0.15, 0.2) is 0 Å². The molecular weight excluding hydrogens is 372 g/mol. The lowest BCUT2D eigenvalue weighted by atomic mass is 10.1. The molecule has 3 aromatic rings. The molecule has 1 N–H and O–H groups in total. The average molecular weight is 390 g/mol. The number of nitrogens with one attached hydrogen (secondary N) is 1. The molecule has 0 atom stereocenters. The van der Waals surface area contributed by atoms with Gasteiger partial charge in [-0.1, -0.05) is 12.1 Å². The van der Waals surface area contributed by atoms with Crippen molar-refractivity contribution in [2.45, 2.75) is 13.2 Å². The Labute approximate surface area is 166 Å². The molecule has 0 saturated carbocycles. The monoisotopic (exact) mass is 390 g/mol. The average Bonchev–Trinajstić information content (AvgIpc) is 3.31. The molecular formula is C22H18N2O5. The quantitative estimate of drug-likeness (QED) is 0.651. The van der Waals surface area contributed by atoms with E-state index >= 15 is 0 Å². The zero-order chi connectivity index (χ0) is 20.4. The summed E-state index contributed by atoms with van der Waals surface area (Å²) in [5, 5.41) is 2.80. The maximum Gasteiger partial charge on any atom is 0.261 e. The van der Waals surface area contributed by atoms with E-state index in [2.05, 4.69) is 5.32 Å². The summed E-state index contributed by atoms with van der Waals surface area (Å²) in [7, 11) is 1.60. The predicted octanol–water partition coefficient (Wildman–Crippen LogP) is 3.47. The van der Waals surface area contributed by atoms with Crippen molar-refractivity contribution in [2.24, 2.45) is 0 Å². The molecule has 146 valence electrons.